The highest BCUT2D eigenvalue weighted by atomic mass is 32.2. The Morgan fingerprint density at radius 2 is 1.81 bits per heavy atom. The van der Waals surface area contributed by atoms with Crippen LogP contribution in [0.1, 0.15) is 46.0 Å². The van der Waals surface area contributed by atoms with E-state index in [4.69, 9.17) is 0 Å². The SMILES string of the molecule is CC(C)CCCCNc1ccc(S(=O)(=O)NC2CC2)cc1. The van der Waals surface area contributed by atoms with Crippen LogP contribution < -0.4 is 10.0 Å². The Labute approximate surface area is 128 Å². The van der Waals surface area contributed by atoms with Gasteiger partial charge in [-0.2, -0.15) is 0 Å². The van der Waals surface area contributed by atoms with Crippen LogP contribution in [0.15, 0.2) is 29.2 Å². The van der Waals surface area contributed by atoms with Crippen molar-refractivity contribution in [3.63, 3.8) is 0 Å². The molecule has 5 heteroatoms. The van der Waals surface area contributed by atoms with Crippen molar-refractivity contribution in [2.75, 3.05) is 11.9 Å². The Morgan fingerprint density at radius 1 is 1.14 bits per heavy atom. The van der Waals surface area contributed by atoms with Crippen molar-refractivity contribution in [1.29, 1.82) is 0 Å². The first kappa shape index (κ1) is 16.3. The Bertz CT molecular complexity index is 534. The van der Waals surface area contributed by atoms with E-state index < -0.39 is 10.0 Å². The molecular formula is C16H26N2O2S. The van der Waals surface area contributed by atoms with Gasteiger partial charge in [0.25, 0.3) is 0 Å². The molecule has 2 rings (SSSR count). The van der Waals surface area contributed by atoms with Gasteiger partial charge in [0.05, 0.1) is 4.90 Å². The van der Waals surface area contributed by atoms with Crippen LogP contribution in [-0.2, 0) is 10.0 Å². The maximum Gasteiger partial charge on any atom is 0.240 e. The van der Waals surface area contributed by atoms with Gasteiger partial charge in [-0.05, 0) is 49.4 Å². The molecule has 1 fully saturated rings. The van der Waals surface area contributed by atoms with Crippen molar-refractivity contribution < 1.29 is 8.42 Å². The lowest BCUT2D eigenvalue weighted by Gasteiger charge is -2.09. The molecule has 1 aromatic carbocycles. The molecule has 0 bridgehead atoms. The first-order valence-corrected chi connectivity index (χ1v) is 9.32. The zero-order valence-electron chi connectivity index (χ0n) is 12.9. The molecule has 0 atom stereocenters. The van der Waals surface area contributed by atoms with Gasteiger partial charge in [-0.1, -0.05) is 26.7 Å². The summed E-state index contributed by atoms with van der Waals surface area (Å²) in [5, 5.41) is 3.33. The van der Waals surface area contributed by atoms with Gasteiger partial charge < -0.3 is 5.32 Å². The molecular weight excluding hydrogens is 284 g/mol. The summed E-state index contributed by atoms with van der Waals surface area (Å²) in [6.07, 6.45) is 5.53. The summed E-state index contributed by atoms with van der Waals surface area (Å²) in [4.78, 5) is 0.347. The van der Waals surface area contributed by atoms with Crippen LogP contribution in [0.2, 0.25) is 0 Å². The molecule has 2 N–H and O–H groups in total. The molecule has 1 aliphatic carbocycles. The van der Waals surface area contributed by atoms with Crippen molar-refractivity contribution in [1.82, 2.24) is 4.72 Å². The molecule has 118 valence electrons. The lowest BCUT2D eigenvalue weighted by Crippen LogP contribution is -2.25. The Morgan fingerprint density at radius 3 is 2.38 bits per heavy atom. The smallest absolute Gasteiger partial charge is 0.240 e. The topological polar surface area (TPSA) is 58.2 Å². The minimum Gasteiger partial charge on any atom is -0.385 e. The summed E-state index contributed by atoms with van der Waals surface area (Å²) in [5.41, 5.74) is 0.977. The lowest BCUT2D eigenvalue weighted by atomic mass is 10.1. The van der Waals surface area contributed by atoms with E-state index in [2.05, 4.69) is 23.9 Å². The molecule has 0 aliphatic heterocycles. The van der Waals surface area contributed by atoms with Crippen LogP contribution in [-0.4, -0.2) is 21.0 Å². The number of nitrogens with one attached hydrogen (secondary N) is 2. The molecule has 0 saturated heterocycles. The van der Waals surface area contributed by atoms with Crippen LogP contribution in [0.3, 0.4) is 0 Å². The van der Waals surface area contributed by atoms with Gasteiger partial charge in [0, 0.05) is 18.3 Å². The fraction of sp³-hybridized carbons (Fsp3) is 0.625. The largest absolute Gasteiger partial charge is 0.385 e. The summed E-state index contributed by atoms with van der Waals surface area (Å²) < 4.78 is 26.7. The molecule has 0 spiro atoms. The van der Waals surface area contributed by atoms with Crippen LogP contribution in [0.4, 0.5) is 5.69 Å². The van der Waals surface area contributed by atoms with Crippen molar-refractivity contribution >= 4 is 15.7 Å². The van der Waals surface area contributed by atoms with E-state index in [1.54, 1.807) is 12.1 Å². The molecule has 0 radical (unpaired) electrons. The number of anilines is 1. The monoisotopic (exact) mass is 310 g/mol. The predicted molar refractivity (Wildman–Crippen MR) is 87.0 cm³/mol. The highest BCUT2D eigenvalue weighted by Crippen LogP contribution is 2.22. The van der Waals surface area contributed by atoms with Crippen LogP contribution >= 0.6 is 0 Å². The number of hydrogen-bond acceptors (Lipinski definition) is 3. The van der Waals surface area contributed by atoms with Crippen LogP contribution in [0.5, 0.6) is 0 Å². The predicted octanol–water partition coefficient (Wildman–Crippen LogP) is 3.37. The van der Waals surface area contributed by atoms with Crippen LogP contribution in [0, 0.1) is 5.92 Å². The van der Waals surface area contributed by atoms with E-state index in [-0.39, 0.29) is 6.04 Å². The summed E-state index contributed by atoms with van der Waals surface area (Å²) in [6, 6.07) is 7.16. The van der Waals surface area contributed by atoms with Gasteiger partial charge in [0.2, 0.25) is 10.0 Å². The van der Waals surface area contributed by atoms with Crippen molar-refractivity contribution in [2.24, 2.45) is 5.92 Å². The average Bonchev–Trinajstić information content (AvgIpc) is 3.22. The second kappa shape index (κ2) is 7.27. The fourth-order valence-corrected chi connectivity index (χ4v) is 3.46. The first-order chi connectivity index (χ1) is 9.97. The molecule has 1 saturated carbocycles. The van der Waals surface area contributed by atoms with Gasteiger partial charge in [0.15, 0.2) is 0 Å². The van der Waals surface area contributed by atoms with Gasteiger partial charge >= 0.3 is 0 Å². The minimum absolute atomic E-state index is 0.147. The van der Waals surface area contributed by atoms with E-state index in [9.17, 15) is 8.42 Å². The highest BCUT2D eigenvalue weighted by Gasteiger charge is 2.27. The maximum absolute atomic E-state index is 12.0. The third kappa shape index (κ3) is 5.67. The van der Waals surface area contributed by atoms with Gasteiger partial charge in [-0.3, -0.25) is 0 Å². The van der Waals surface area contributed by atoms with E-state index >= 15 is 0 Å². The van der Waals surface area contributed by atoms with Crippen molar-refractivity contribution in [3.05, 3.63) is 24.3 Å². The second-order valence-corrected chi connectivity index (χ2v) is 7.95. The zero-order chi connectivity index (χ0) is 15.3. The Hall–Kier alpha value is -1.07. The molecule has 0 unspecified atom stereocenters. The Balaban J connectivity index is 1.78. The molecule has 21 heavy (non-hydrogen) atoms. The van der Waals surface area contributed by atoms with Gasteiger partial charge in [-0.15, -0.1) is 0 Å². The molecule has 1 aliphatic rings. The maximum atomic E-state index is 12.0. The first-order valence-electron chi connectivity index (χ1n) is 7.83. The third-order valence-corrected chi connectivity index (χ3v) is 5.14. The third-order valence-electron chi connectivity index (χ3n) is 3.60. The quantitative estimate of drug-likeness (QED) is 0.688. The number of unbranched alkanes of at least 4 members (excludes halogenated alkanes) is 1. The zero-order valence-corrected chi connectivity index (χ0v) is 13.7. The molecule has 0 amide bonds. The standard InChI is InChI=1S/C16H26N2O2S/c1-13(2)5-3-4-12-17-14-8-10-16(11-9-14)21(19,20)18-15-6-7-15/h8-11,13,15,17-18H,3-7,12H2,1-2H3. The van der Waals surface area contributed by atoms with E-state index in [0.29, 0.717) is 4.90 Å². The van der Waals surface area contributed by atoms with Crippen molar-refractivity contribution in [2.45, 2.75) is 56.9 Å². The van der Waals surface area contributed by atoms with Crippen LogP contribution in [0.25, 0.3) is 0 Å². The van der Waals surface area contributed by atoms with E-state index in [1.165, 1.54) is 12.8 Å². The summed E-state index contributed by atoms with van der Waals surface area (Å²) >= 11 is 0. The highest BCUT2D eigenvalue weighted by molar-refractivity contribution is 7.89. The molecule has 4 nitrogen and oxygen atoms in total. The fourth-order valence-electron chi connectivity index (χ4n) is 2.15. The molecule has 1 aromatic rings. The van der Waals surface area contributed by atoms with Gasteiger partial charge in [0.1, 0.15) is 0 Å². The number of benzene rings is 1. The Kier molecular flexibility index (Phi) is 5.65. The summed E-state index contributed by atoms with van der Waals surface area (Å²) in [5.74, 6) is 0.758. The van der Waals surface area contributed by atoms with E-state index in [0.717, 1.165) is 37.4 Å². The number of hydrogen-bond donors (Lipinski definition) is 2. The van der Waals surface area contributed by atoms with E-state index in [1.807, 2.05) is 12.1 Å². The molecule has 0 heterocycles. The minimum atomic E-state index is -3.33. The van der Waals surface area contributed by atoms with Gasteiger partial charge in [-0.25, -0.2) is 13.1 Å². The second-order valence-electron chi connectivity index (χ2n) is 6.24. The lowest BCUT2D eigenvalue weighted by molar-refractivity contribution is 0.545. The summed E-state index contributed by atoms with van der Waals surface area (Å²) in [7, 11) is -3.33. The average molecular weight is 310 g/mol. The normalized spacial score (nSPS) is 15.4. The molecule has 0 aromatic heterocycles. The number of sulfonamides is 1. The summed E-state index contributed by atoms with van der Waals surface area (Å²) in [6.45, 7) is 5.41. The number of rotatable bonds is 9. The van der Waals surface area contributed by atoms with Crippen molar-refractivity contribution in [3.8, 4) is 0 Å².